The highest BCUT2D eigenvalue weighted by molar-refractivity contribution is 7.00. The van der Waals surface area contributed by atoms with E-state index in [1.165, 1.54) is 148 Å². The number of nitrogens with zero attached hydrogens (tertiary/aromatic N) is 3. The monoisotopic (exact) mass is 1120 g/mol. The first-order chi connectivity index (χ1) is 39.5. The Balaban J connectivity index is 1.18. The SMILES string of the molecule is Cc1cc2c(cc1N1c3cc4c(cc3B3c5cc6c(cc5N(c5ccc(C(C)(C)C)cc5-c5ccccc5)c5cc(N7c8ccc(C(C)(C)C)cc8C8(C)CCCCC78C)cc1c53)C(C)(C)CCC6(C)C)C(C)(C)CC4(C)C)C(C)(C)CC2(C)C. The third-order valence-electron chi connectivity index (χ3n) is 23.8. The highest BCUT2D eigenvalue weighted by Crippen LogP contribution is 2.64. The molecule has 7 aliphatic rings. The van der Waals surface area contributed by atoms with Crippen LogP contribution in [0.4, 0.5) is 45.5 Å². The Kier molecular flexibility index (Phi) is 11.8. The molecule has 0 spiro atoms. The van der Waals surface area contributed by atoms with E-state index in [-0.39, 0.29) is 61.0 Å². The van der Waals surface area contributed by atoms with Gasteiger partial charge in [0.15, 0.2) is 0 Å². The Morgan fingerprint density at radius 1 is 0.388 bits per heavy atom. The lowest BCUT2D eigenvalue weighted by atomic mass is 9.33. The molecule has 7 aromatic rings. The van der Waals surface area contributed by atoms with Crippen LogP contribution in [0.15, 0.2) is 115 Å². The van der Waals surface area contributed by atoms with Gasteiger partial charge in [-0.15, -0.1) is 0 Å². The van der Waals surface area contributed by atoms with E-state index in [1.807, 2.05) is 0 Å². The summed E-state index contributed by atoms with van der Waals surface area (Å²) in [4.78, 5) is 8.55. The summed E-state index contributed by atoms with van der Waals surface area (Å²) in [5, 5.41) is 0. The van der Waals surface area contributed by atoms with Gasteiger partial charge in [-0.2, -0.15) is 0 Å². The third-order valence-corrected chi connectivity index (χ3v) is 23.8. The fraction of sp³-hybridized carbons (Fsp3) is 0.481. The second-order valence-electron chi connectivity index (χ2n) is 34.7. The van der Waals surface area contributed by atoms with Crippen LogP contribution in [0, 0.1) is 6.92 Å². The van der Waals surface area contributed by atoms with E-state index in [9.17, 15) is 0 Å². The van der Waals surface area contributed by atoms with E-state index >= 15 is 0 Å². The van der Waals surface area contributed by atoms with Gasteiger partial charge >= 0.3 is 0 Å². The molecule has 85 heavy (non-hydrogen) atoms. The smallest absolute Gasteiger partial charge is 0.252 e. The molecule has 0 bridgehead atoms. The van der Waals surface area contributed by atoms with Crippen LogP contribution in [-0.4, -0.2) is 12.3 Å². The van der Waals surface area contributed by atoms with Crippen molar-refractivity contribution in [2.24, 2.45) is 0 Å². The molecule has 0 saturated heterocycles. The van der Waals surface area contributed by atoms with E-state index in [4.69, 9.17) is 0 Å². The van der Waals surface area contributed by atoms with Crippen LogP contribution in [0.1, 0.15) is 245 Å². The van der Waals surface area contributed by atoms with E-state index < -0.39 is 0 Å². The highest BCUT2D eigenvalue weighted by Gasteiger charge is 2.59. The molecule has 1 saturated carbocycles. The summed E-state index contributed by atoms with van der Waals surface area (Å²) >= 11 is 0. The quantitative estimate of drug-likeness (QED) is 0.163. The number of aryl methyl sites for hydroxylation is 1. The summed E-state index contributed by atoms with van der Waals surface area (Å²) in [6.07, 6.45) is 9.33. The van der Waals surface area contributed by atoms with Gasteiger partial charge in [0.1, 0.15) is 0 Å². The van der Waals surface area contributed by atoms with Crippen molar-refractivity contribution >= 4 is 68.6 Å². The van der Waals surface area contributed by atoms with Crippen LogP contribution in [0.3, 0.4) is 0 Å². The first-order valence-corrected chi connectivity index (χ1v) is 33.0. The lowest BCUT2D eigenvalue weighted by molar-refractivity contribution is 0.195. The lowest BCUT2D eigenvalue weighted by Crippen LogP contribution is -2.62. The average molecular weight is 1120 g/mol. The Bertz CT molecular complexity index is 4000. The van der Waals surface area contributed by atoms with Crippen molar-refractivity contribution in [1.29, 1.82) is 0 Å². The van der Waals surface area contributed by atoms with Gasteiger partial charge in [0.05, 0.1) is 11.2 Å². The van der Waals surface area contributed by atoms with Crippen molar-refractivity contribution < 1.29 is 0 Å². The summed E-state index contributed by atoms with van der Waals surface area (Å²) in [6.45, 7) is 52.2. The first kappa shape index (κ1) is 56.8. The molecule has 440 valence electrons. The topological polar surface area (TPSA) is 9.72 Å². The molecular formula is C81H98BN3. The second kappa shape index (κ2) is 17.6. The molecular weight excluding hydrogens is 1030 g/mol. The molecule has 0 radical (unpaired) electrons. The van der Waals surface area contributed by atoms with Crippen molar-refractivity contribution in [3.05, 3.63) is 171 Å². The van der Waals surface area contributed by atoms with Gasteiger partial charge in [0.25, 0.3) is 6.71 Å². The summed E-state index contributed by atoms with van der Waals surface area (Å²) in [5.74, 6) is 0. The third kappa shape index (κ3) is 8.02. The molecule has 1 fully saturated rings. The normalized spacial score (nSPS) is 23.8. The molecule has 7 aromatic carbocycles. The average Bonchev–Trinajstić information content (AvgIpc) is 1.61. The van der Waals surface area contributed by atoms with Crippen LogP contribution in [0.25, 0.3) is 11.1 Å². The number of hydrogen-bond acceptors (Lipinski definition) is 3. The first-order valence-electron chi connectivity index (χ1n) is 33.0. The number of rotatable bonds is 4. The number of hydrogen-bond donors (Lipinski definition) is 0. The highest BCUT2D eigenvalue weighted by atomic mass is 15.3. The molecule has 14 rings (SSSR count). The Morgan fingerprint density at radius 2 is 0.835 bits per heavy atom. The van der Waals surface area contributed by atoms with Crippen molar-refractivity contribution in [1.82, 2.24) is 0 Å². The summed E-state index contributed by atoms with van der Waals surface area (Å²) in [6, 6.07) is 48.2. The minimum atomic E-state index is -0.174. The molecule has 0 amide bonds. The maximum atomic E-state index is 2.90. The van der Waals surface area contributed by atoms with Crippen molar-refractivity contribution in [3.8, 4) is 11.1 Å². The molecule has 3 aliphatic heterocycles. The molecule has 2 unspecified atom stereocenters. The van der Waals surface area contributed by atoms with E-state index in [0.717, 1.165) is 32.1 Å². The van der Waals surface area contributed by atoms with Gasteiger partial charge in [0.2, 0.25) is 0 Å². The number of fused-ring (bicyclic) bond motifs is 10. The standard InChI is InChI=1S/C81H98BN3/c1-49-37-55-59(78(16,17)47-76(55,12)13)44-66(49)84-68-46-60-57(77(14,15)48-79(60,18)19)43-63(68)82-62-42-56-58(75(10,11)36-35-74(56,8)9)45-67(62)83(64-31-29-51(72(2,3)4)38-54(64)50-27-23-22-24-28-50)69-40-53(41-70(84)71(69)82)85-65-32-30-52(73(5,6)7)39-61(65)80(20)33-25-26-34-81(80,85)21/h22-24,27-32,37-46H,25-26,33-36,47-48H2,1-21H3. The zero-order valence-electron chi connectivity index (χ0n) is 56.0. The van der Waals surface area contributed by atoms with Gasteiger partial charge in [-0.3, -0.25) is 0 Å². The molecule has 3 heterocycles. The Morgan fingerprint density at radius 3 is 1.38 bits per heavy atom. The van der Waals surface area contributed by atoms with Gasteiger partial charge in [0, 0.05) is 50.8 Å². The summed E-state index contributed by atoms with van der Waals surface area (Å²) < 4.78 is 0. The van der Waals surface area contributed by atoms with E-state index in [0.29, 0.717) is 0 Å². The Labute approximate surface area is 513 Å². The predicted octanol–water partition coefficient (Wildman–Crippen LogP) is 20.3. The predicted molar refractivity (Wildman–Crippen MR) is 367 cm³/mol. The zero-order chi connectivity index (χ0) is 60.7. The van der Waals surface area contributed by atoms with Crippen molar-refractivity contribution in [2.45, 2.75) is 251 Å². The van der Waals surface area contributed by atoms with Gasteiger partial charge in [-0.25, -0.2) is 0 Å². The zero-order valence-corrected chi connectivity index (χ0v) is 56.0. The van der Waals surface area contributed by atoms with Crippen molar-refractivity contribution in [2.75, 3.05) is 14.7 Å². The fourth-order valence-electron chi connectivity index (χ4n) is 19.2. The minimum absolute atomic E-state index is 0.0000216. The van der Waals surface area contributed by atoms with Crippen molar-refractivity contribution in [3.63, 3.8) is 0 Å². The lowest BCUT2D eigenvalue weighted by Gasteiger charge is -2.51. The largest absolute Gasteiger partial charge is 0.334 e. The molecule has 4 aliphatic carbocycles. The summed E-state index contributed by atoms with van der Waals surface area (Å²) in [5.41, 5.74) is 31.9. The Hall–Kier alpha value is -6.00. The maximum Gasteiger partial charge on any atom is 0.252 e. The molecule has 3 nitrogen and oxygen atoms in total. The number of benzene rings is 7. The molecule has 0 N–H and O–H groups in total. The molecule has 2 atom stereocenters. The summed E-state index contributed by atoms with van der Waals surface area (Å²) in [7, 11) is 0. The number of anilines is 8. The van der Waals surface area contributed by atoms with Gasteiger partial charge in [-0.05, 0) is 222 Å². The van der Waals surface area contributed by atoms with Crippen LogP contribution >= 0.6 is 0 Å². The van der Waals surface area contributed by atoms with E-state index in [1.54, 1.807) is 0 Å². The van der Waals surface area contributed by atoms with E-state index in [2.05, 4.69) is 275 Å². The van der Waals surface area contributed by atoms with Gasteiger partial charge in [-0.1, -0.05) is 211 Å². The molecule has 0 aromatic heterocycles. The van der Waals surface area contributed by atoms with Crippen LogP contribution in [0.5, 0.6) is 0 Å². The fourth-order valence-corrected chi connectivity index (χ4v) is 19.2. The van der Waals surface area contributed by atoms with Gasteiger partial charge < -0.3 is 14.7 Å². The second-order valence-corrected chi connectivity index (χ2v) is 34.7. The molecule has 4 heteroatoms. The maximum absolute atomic E-state index is 2.90. The van der Waals surface area contributed by atoms with Crippen LogP contribution in [0.2, 0.25) is 0 Å². The van der Waals surface area contributed by atoms with Crippen LogP contribution < -0.4 is 31.1 Å². The van der Waals surface area contributed by atoms with Crippen LogP contribution in [-0.2, 0) is 48.7 Å². The minimum Gasteiger partial charge on any atom is -0.334 e.